The monoisotopic (exact) mass is 342 g/mol. The number of anilines is 1. The van der Waals surface area contributed by atoms with Crippen LogP contribution >= 0.6 is 11.6 Å². The van der Waals surface area contributed by atoms with E-state index in [9.17, 15) is 9.18 Å². The van der Waals surface area contributed by atoms with Crippen LogP contribution in [0.4, 0.5) is 10.1 Å². The van der Waals surface area contributed by atoms with E-state index < -0.39 is 5.56 Å². The first-order chi connectivity index (χ1) is 11.6. The maximum atomic E-state index is 13.1. The van der Waals surface area contributed by atoms with Crippen LogP contribution in [0, 0.1) is 5.82 Å². The normalized spacial score (nSPS) is 10.9. The number of hydrogen-bond acceptors (Lipinski definition) is 4. The molecule has 1 heterocycles. The van der Waals surface area contributed by atoms with Gasteiger partial charge in [0.05, 0.1) is 18.1 Å². The Morgan fingerprint density at radius 3 is 2.71 bits per heavy atom. The first kappa shape index (κ1) is 15.9. The summed E-state index contributed by atoms with van der Waals surface area (Å²) in [5.74, 6) is -0.357. The Bertz CT molecular complexity index is 941. The quantitative estimate of drug-likeness (QED) is 0.583. The third kappa shape index (κ3) is 3.49. The fourth-order valence-corrected chi connectivity index (χ4v) is 2.20. The molecule has 3 rings (SSSR count). The topological polar surface area (TPSA) is 59.3 Å². The van der Waals surface area contributed by atoms with Crippen LogP contribution in [0.2, 0.25) is 5.02 Å². The van der Waals surface area contributed by atoms with Crippen LogP contribution in [0.5, 0.6) is 0 Å². The lowest BCUT2D eigenvalue weighted by atomic mass is 10.2. The summed E-state index contributed by atoms with van der Waals surface area (Å²) < 4.78 is 14.3. The van der Waals surface area contributed by atoms with Gasteiger partial charge in [0.1, 0.15) is 16.5 Å². The van der Waals surface area contributed by atoms with Crippen LogP contribution in [0.3, 0.4) is 0 Å². The molecule has 0 radical (unpaired) electrons. The van der Waals surface area contributed by atoms with Crippen molar-refractivity contribution in [1.82, 2.24) is 9.78 Å². The molecule has 0 aliphatic heterocycles. The standard InChI is InChI=1S/C17H12ClFN4O/c18-16-15(22-20-10-12-5-4-6-13(19)9-12)11-21-23(17(16)24)14-7-2-1-3-8-14/h1-11,22H/b20-10+. The van der Waals surface area contributed by atoms with Gasteiger partial charge < -0.3 is 0 Å². The highest BCUT2D eigenvalue weighted by Crippen LogP contribution is 2.16. The van der Waals surface area contributed by atoms with Gasteiger partial charge in [-0.2, -0.15) is 14.9 Å². The van der Waals surface area contributed by atoms with Gasteiger partial charge in [-0.3, -0.25) is 10.2 Å². The van der Waals surface area contributed by atoms with Gasteiger partial charge in [0.2, 0.25) is 0 Å². The third-order valence-corrected chi connectivity index (χ3v) is 3.53. The first-order valence-corrected chi connectivity index (χ1v) is 7.41. The lowest BCUT2D eigenvalue weighted by molar-refractivity contribution is 0.627. The fraction of sp³-hybridized carbons (Fsp3) is 0. The van der Waals surface area contributed by atoms with Gasteiger partial charge in [-0.25, -0.2) is 4.39 Å². The van der Waals surface area contributed by atoms with E-state index in [4.69, 9.17) is 11.6 Å². The summed E-state index contributed by atoms with van der Waals surface area (Å²) in [6.45, 7) is 0. The Hall–Kier alpha value is -2.99. The molecule has 0 amide bonds. The number of hydrogen-bond donors (Lipinski definition) is 1. The molecule has 3 aromatic rings. The van der Waals surface area contributed by atoms with E-state index >= 15 is 0 Å². The molecule has 0 spiro atoms. The molecule has 5 nitrogen and oxygen atoms in total. The van der Waals surface area contributed by atoms with Gasteiger partial charge in [0.15, 0.2) is 0 Å². The molecule has 2 aromatic carbocycles. The molecule has 0 aliphatic carbocycles. The van der Waals surface area contributed by atoms with E-state index in [-0.39, 0.29) is 16.5 Å². The van der Waals surface area contributed by atoms with Crippen molar-refractivity contribution in [1.29, 1.82) is 0 Å². The number of para-hydroxylation sites is 1. The van der Waals surface area contributed by atoms with E-state index in [1.54, 1.807) is 36.4 Å². The van der Waals surface area contributed by atoms with Crippen LogP contribution < -0.4 is 11.0 Å². The molecule has 7 heteroatoms. The highest BCUT2D eigenvalue weighted by molar-refractivity contribution is 6.32. The first-order valence-electron chi connectivity index (χ1n) is 7.03. The number of nitrogens with one attached hydrogen (secondary N) is 1. The number of benzene rings is 2. The molecule has 24 heavy (non-hydrogen) atoms. The molecule has 0 atom stereocenters. The van der Waals surface area contributed by atoms with Gasteiger partial charge >= 0.3 is 0 Å². The third-order valence-electron chi connectivity index (χ3n) is 3.17. The summed E-state index contributed by atoms with van der Waals surface area (Å²) in [6, 6.07) is 14.9. The zero-order valence-electron chi connectivity index (χ0n) is 12.4. The van der Waals surface area contributed by atoms with Crippen molar-refractivity contribution in [2.45, 2.75) is 0 Å². The average molecular weight is 343 g/mol. The summed E-state index contributed by atoms with van der Waals surface area (Å²) in [5, 5.41) is 7.98. The van der Waals surface area contributed by atoms with Crippen molar-refractivity contribution in [2.75, 3.05) is 5.43 Å². The molecule has 0 aliphatic rings. The fourth-order valence-electron chi connectivity index (χ4n) is 2.03. The van der Waals surface area contributed by atoms with Crippen LogP contribution in [0.15, 0.2) is 70.7 Å². The van der Waals surface area contributed by atoms with Crippen LogP contribution in [0.25, 0.3) is 5.69 Å². The number of halogens is 2. The summed E-state index contributed by atoms with van der Waals surface area (Å²) in [5.41, 5.74) is 3.62. The lowest BCUT2D eigenvalue weighted by Gasteiger charge is -2.07. The maximum absolute atomic E-state index is 13.1. The molecule has 0 fully saturated rings. The highest BCUT2D eigenvalue weighted by Gasteiger charge is 2.09. The predicted molar refractivity (Wildman–Crippen MR) is 92.5 cm³/mol. The van der Waals surface area contributed by atoms with E-state index in [0.29, 0.717) is 11.3 Å². The van der Waals surface area contributed by atoms with E-state index in [1.807, 2.05) is 6.07 Å². The van der Waals surface area contributed by atoms with Crippen molar-refractivity contribution < 1.29 is 4.39 Å². The van der Waals surface area contributed by atoms with Crippen LogP contribution in [0.1, 0.15) is 5.56 Å². The minimum atomic E-state index is -0.464. The second kappa shape index (κ2) is 7.06. The van der Waals surface area contributed by atoms with Crippen LogP contribution in [-0.2, 0) is 0 Å². The van der Waals surface area contributed by atoms with Gasteiger partial charge in [-0.1, -0.05) is 41.9 Å². The Morgan fingerprint density at radius 2 is 1.96 bits per heavy atom. The Balaban J connectivity index is 1.83. The van der Waals surface area contributed by atoms with E-state index in [1.165, 1.54) is 29.2 Å². The minimum absolute atomic E-state index is 0.0368. The van der Waals surface area contributed by atoms with Crippen molar-refractivity contribution in [2.24, 2.45) is 5.10 Å². The summed E-state index contributed by atoms with van der Waals surface area (Å²) >= 11 is 6.09. The summed E-state index contributed by atoms with van der Waals surface area (Å²) in [4.78, 5) is 12.3. The van der Waals surface area contributed by atoms with Crippen molar-refractivity contribution >= 4 is 23.5 Å². The Labute approximate surface area is 142 Å². The van der Waals surface area contributed by atoms with Crippen LogP contribution in [-0.4, -0.2) is 16.0 Å². The Kier molecular flexibility index (Phi) is 4.67. The number of aromatic nitrogens is 2. The van der Waals surface area contributed by atoms with E-state index in [0.717, 1.165) is 0 Å². The highest BCUT2D eigenvalue weighted by atomic mass is 35.5. The average Bonchev–Trinajstić information content (AvgIpc) is 2.60. The van der Waals surface area contributed by atoms with Gasteiger partial charge in [-0.05, 0) is 29.8 Å². The van der Waals surface area contributed by atoms with Gasteiger partial charge in [0, 0.05) is 0 Å². The van der Waals surface area contributed by atoms with Gasteiger partial charge in [0.25, 0.3) is 5.56 Å². The Morgan fingerprint density at radius 1 is 1.17 bits per heavy atom. The minimum Gasteiger partial charge on any atom is -0.275 e. The summed E-state index contributed by atoms with van der Waals surface area (Å²) in [6.07, 6.45) is 2.82. The number of rotatable bonds is 4. The van der Waals surface area contributed by atoms with Crippen molar-refractivity contribution in [3.63, 3.8) is 0 Å². The molecular weight excluding hydrogens is 331 g/mol. The molecule has 0 saturated heterocycles. The smallest absolute Gasteiger partial charge is 0.275 e. The maximum Gasteiger partial charge on any atom is 0.292 e. The zero-order chi connectivity index (χ0) is 16.9. The molecule has 0 saturated carbocycles. The zero-order valence-corrected chi connectivity index (χ0v) is 13.1. The molecule has 120 valence electrons. The van der Waals surface area contributed by atoms with Crippen molar-refractivity contribution in [3.8, 4) is 5.69 Å². The SMILES string of the molecule is O=c1c(Cl)c(N/N=C/c2cccc(F)c2)cnn1-c1ccccc1. The number of nitrogens with zero attached hydrogens (tertiary/aromatic N) is 3. The molecule has 1 aromatic heterocycles. The van der Waals surface area contributed by atoms with Crippen molar-refractivity contribution in [3.05, 3.63) is 87.6 Å². The molecule has 0 bridgehead atoms. The molecular formula is C17H12ClFN4O. The number of hydrazone groups is 1. The molecule has 1 N–H and O–H groups in total. The summed E-state index contributed by atoms with van der Waals surface area (Å²) in [7, 11) is 0. The lowest BCUT2D eigenvalue weighted by Crippen LogP contribution is -2.22. The predicted octanol–water partition coefficient (Wildman–Crippen LogP) is 3.47. The largest absolute Gasteiger partial charge is 0.292 e. The molecule has 0 unspecified atom stereocenters. The van der Waals surface area contributed by atoms with E-state index in [2.05, 4.69) is 15.6 Å². The van der Waals surface area contributed by atoms with Gasteiger partial charge in [-0.15, -0.1) is 0 Å². The second-order valence-electron chi connectivity index (χ2n) is 4.85. The second-order valence-corrected chi connectivity index (χ2v) is 5.23.